The smallest absolute Gasteiger partial charge is 0.224 e. The molecule has 0 heterocycles. The summed E-state index contributed by atoms with van der Waals surface area (Å²) in [6, 6.07) is 11.8. The number of hydrogen-bond donors (Lipinski definition) is 1. The molecule has 0 fully saturated rings. The number of halogens is 1. The molecule has 0 saturated carbocycles. The molecule has 24 heavy (non-hydrogen) atoms. The van der Waals surface area contributed by atoms with Crippen LogP contribution in [0.15, 0.2) is 58.3 Å². The normalized spacial score (nSPS) is 13.6. The highest BCUT2D eigenvalue weighted by Crippen LogP contribution is 2.23. The highest BCUT2D eigenvalue weighted by Gasteiger charge is 2.21. The summed E-state index contributed by atoms with van der Waals surface area (Å²) >= 11 is 5.85. The minimum Gasteiger partial charge on any atom is -0.224 e. The van der Waals surface area contributed by atoms with Crippen molar-refractivity contribution in [1.82, 2.24) is 4.72 Å². The number of nitrogens with one attached hydrogen (secondary N) is 1. The molecule has 2 aromatic rings. The Morgan fingerprint density at radius 2 is 1.58 bits per heavy atom. The van der Waals surface area contributed by atoms with Crippen LogP contribution in [0.5, 0.6) is 0 Å². The molecule has 0 aliphatic rings. The quantitative estimate of drug-likeness (QED) is 0.825. The van der Waals surface area contributed by atoms with E-state index in [-0.39, 0.29) is 9.79 Å². The third-order valence-corrected chi connectivity index (χ3v) is 6.35. The molecular weight excluding hydrogens is 370 g/mol. The van der Waals surface area contributed by atoms with Crippen LogP contribution in [0.4, 0.5) is 0 Å². The summed E-state index contributed by atoms with van der Waals surface area (Å²) in [5, 5.41) is 0.567. The largest absolute Gasteiger partial charge is 0.241 e. The Morgan fingerprint density at radius 3 is 2.12 bits per heavy atom. The van der Waals surface area contributed by atoms with Crippen molar-refractivity contribution in [1.29, 1.82) is 0 Å². The highest BCUT2D eigenvalue weighted by molar-refractivity contribution is 7.91. The van der Waals surface area contributed by atoms with Crippen molar-refractivity contribution in [2.75, 3.05) is 6.26 Å². The van der Waals surface area contributed by atoms with Crippen LogP contribution >= 0.6 is 11.6 Å². The van der Waals surface area contributed by atoms with E-state index >= 15 is 0 Å². The third kappa shape index (κ3) is 4.57. The molecule has 130 valence electrons. The molecule has 0 saturated heterocycles. The van der Waals surface area contributed by atoms with Gasteiger partial charge in [0.25, 0.3) is 0 Å². The minimum atomic E-state index is -3.86. The molecular formula is C16H18ClNO4S2. The summed E-state index contributed by atoms with van der Waals surface area (Å²) in [5.74, 6) is 0. The fourth-order valence-corrected chi connectivity index (χ4v) is 4.43. The summed E-state index contributed by atoms with van der Waals surface area (Å²) < 4.78 is 51.0. The topological polar surface area (TPSA) is 80.3 Å². The van der Waals surface area contributed by atoms with Gasteiger partial charge in [0, 0.05) is 17.3 Å². The van der Waals surface area contributed by atoms with E-state index in [1.165, 1.54) is 18.2 Å². The summed E-state index contributed by atoms with van der Waals surface area (Å²) in [7, 11) is -7.34. The predicted octanol–water partition coefficient (Wildman–Crippen LogP) is 3.17. The molecule has 8 heteroatoms. The Morgan fingerprint density at radius 1 is 1.00 bits per heavy atom. The van der Waals surface area contributed by atoms with Crippen molar-refractivity contribution < 1.29 is 16.8 Å². The summed E-state index contributed by atoms with van der Waals surface area (Å²) in [4.78, 5) is -0.122. The van der Waals surface area contributed by atoms with Gasteiger partial charge < -0.3 is 0 Å². The van der Waals surface area contributed by atoms with E-state index in [1.807, 2.05) is 6.92 Å². The van der Waals surface area contributed by atoms with Crippen LogP contribution in [0.25, 0.3) is 0 Å². The number of sulfonamides is 1. The maximum absolute atomic E-state index is 12.6. The van der Waals surface area contributed by atoms with Gasteiger partial charge in [0.05, 0.1) is 9.79 Å². The molecule has 2 aromatic carbocycles. The second-order valence-electron chi connectivity index (χ2n) is 5.38. The zero-order valence-corrected chi connectivity index (χ0v) is 15.6. The molecule has 1 unspecified atom stereocenters. The number of hydrogen-bond acceptors (Lipinski definition) is 4. The lowest BCUT2D eigenvalue weighted by Gasteiger charge is -2.18. The Bertz CT molecular complexity index is 923. The Balaban J connectivity index is 2.35. The van der Waals surface area contributed by atoms with E-state index in [0.29, 0.717) is 11.4 Å². The van der Waals surface area contributed by atoms with Gasteiger partial charge in [-0.05, 0) is 42.3 Å². The number of sulfone groups is 1. The van der Waals surface area contributed by atoms with Crippen LogP contribution in [0.3, 0.4) is 0 Å². The van der Waals surface area contributed by atoms with Crippen molar-refractivity contribution in [3.63, 3.8) is 0 Å². The Labute approximate surface area is 147 Å². The zero-order valence-electron chi connectivity index (χ0n) is 13.2. The fraction of sp³-hybridized carbons (Fsp3) is 0.250. The standard InChI is InChI=1S/C16H18ClNO4S2/c1-3-16(12-7-9-13(17)10-8-12)18-24(21,22)15-6-4-5-14(11-15)23(2,19)20/h4-11,16,18H,3H2,1-2H3. The monoisotopic (exact) mass is 387 g/mol. The minimum absolute atomic E-state index is 0.0371. The van der Waals surface area contributed by atoms with E-state index in [1.54, 1.807) is 24.3 Å². The van der Waals surface area contributed by atoms with Crippen LogP contribution in [-0.4, -0.2) is 23.1 Å². The average Bonchev–Trinajstić information content (AvgIpc) is 2.53. The van der Waals surface area contributed by atoms with Crippen molar-refractivity contribution in [2.45, 2.75) is 29.2 Å². The molecule has 5 nitrogen and oxygen atoms in total. The van der Waals surface area contributed by atoms with Crippen molar-refractivity contribution in [2.24, 2.45) is 0 Å². The van der Waals surface area contributed by atoms with Gasteiger partial charge in [-0.15, -0.1) is 0 Å². The van der Waals surface area contributed by atoms with E-state index in [4.69, 9.17) is 11.6 Å². The van der Waals surface area contributed by atoms with Crippen LogP contribution in [0, 0.1) is 0 Å². The van der Waals surface area contributed by atoms with Crippen LogP contribution in [-0.2, 0) is 19.9 Å². The Hall–Kier alpha value is -1.41. The fourth-order valence-electron chi connectivity index (χ4n) is 2.21. The third-order valence-electron chi connectivity index (χ3n) is 3.52. The van der Waals surface area contributed by atoms with Gasteiger partial charge in [-0.1, -0.05) is 36.7 Å². The van der Waals surface area contributed by atoms with Gasteiger partial charge in [0.15, 0.2) is 9.84 Å². The molecule has 1 atom stereocenters. The van der Waals surface area contributed by atoms with Gasteiger partial charge in [-0.25, -0.2) is 21.6 Å². The van der Waals surface area contributed by atoms with E-state index in [9.17, 15) is 16.8 Å². The maximum atomic E-state index is 12.6. The molecule has 2 rings (SSSR count). The molecule has 0 radical (unpaired) electrons. The molecule has 0 bridgehead atoms. The van der Waals surface area contributed by atoms with E-state index in [2.05, 4.69) is 4.72 Å². The maximum Gasteiger partial charge on any atom is 0.241 e. The number of benzene rings is 2. The molecule has 1 N–H and O–H groups in total. The zero-order chi connectivity index (χ0) is 18.0. The number of rotatable bonds is 6. The van der Waals surface area contributed by atoms with Crippen molar-refractivity contribution in [3.05, 3.63) is 59.1 Å². The van der Waals surface area contributed by atoms with Crippen molar-refractivity contribution in [3.8, 4) is 0 Å². The van der Waals surface area contributed by atoms with Crippen LogP contribution < -0.4 is 4.72 Å². The van der Waals surface area contributed by atoms with Gasteiger partial charge in [-0.2, -0.15) is 0 Å². The molecule has 0 aliphatic heterocycles. The van der Waals surface area contributed by atoms with Gasteiger partial charge in [0.1, 0.15) is 0 Å². The molecule has 0 aromatic heterocycles. The van der Waals surface area contributed by atoms with E-state index < -0.39 is 25.9 Å². The van der Waals surface area contributed by atoms with Crippen molar-refractivity contribution >= 4 is 31.5 Å². The SMILES string of the molecule is CCC(NS(=O)(=O)c1cccc(S(C)(=O)=O)c1)c1ccc(Cl)cc1. The van der Waals surface area contributed by atoms with Gasteiger partial charge >= 0.3 is 0 Å². The second-order valence-corrected chi connectivity index (χ2v) is 9.55. The molecule has 0 spiro atoms. The van der Waals surface area contributed by atoms with Gasteiger partial charge in [-0.3, -0.25) is 0 Å². The first kappa shape index (κ1) is 18.9. The Kier molecular flexibility index (Phi) is 5.70. The summed E-state index contributed by atoms with van der Waals surface area (Å²) in [6.45, 7) is 1.86. The van der Waals surface area contributed by atoms with Gasteiger partial charge in [0.2, 0.25) is 10.0 Å². The van der Waals surface area contributed by atoms with Crippen LogP contribution in [0.1, 0.15) is 24.9 Å². The lowest BCUT2D eigenvalue weighted by atomic mass is 10.1. The summed E-state index contributed by atoms with van der Waals surface area (Å²) in [6.07, 6.45) is 1.57. The predicted molar refractivity (Wildman–Crippen MR) is 94.4 cm³/mol. The lowest BCUT2D eigenvalue weighted by Crippen LogP contribution is -2.28. The molecule has 0 amide bonds. The highest BCUT2D eigenvalue weighted by atomic mass is 35.5. The first-order valence-electron chi connectivity index (χ1n) is 7.21. The average molecular weight is 388 g/mol. The first-order chi connectivity index (χ1) is 11.1. The second kappa shape index (κ2) is 7.23. The first-order valence-corrected chi connectivity index (χ1v) is 11.0. The van der Waals surface area contributed by atoms with E-state index in [0.717, 1.165) is 17.9 Å². The van der Waals surface area contributed by atoms with Crippen LogP contribution in [0.2, 0.25) is 5.02 Å². The summed E-state index contributed by atoms with van der Waals surface area (Å²) in [5.41, 5.74) is 0.782. The molecule has 0 aliphatic carbocycles. The lowest BCUT2D eigenvalue weighted by molar-refractivity contribution is 0.550.